The fourth-order valence-corrected chi connectivity index (χ4v) is 2.52. The average molecular weight is 494 g/mol. The summed E-state index contributed by atoms with van der Waals surface area (Å²) in [4.78, 5) is 37.6. The Labute approximate surface area is 182 Å². The summed E-state index contributed by atoms with van der Waals surface area (Å²) in [6.07, 6.45) is -1.70. The molecule has 0 saturated carbocycles. The topological polar surface area (TPSA) is 82.1 Å². The van der Waals surface area contributed by atoms with Crippen LogP contribution < -0.4 is 0 Å². The molecule has 0 aromatic heterocycles. The van der Waals surface area contributed by atoms with Crippen molar-refractivity contribution in [2.24, 2.45) is 0 Å². The van der Waals surface area contributed by atoms with Crippen molar-refractivity contribution < 1.29 is 37.4 Å². The van der Waals surface area contributed by atoms with Crippen molar-refractivity contribution in [3.05, 3.63) is 34.3 Å². The van der Waals surface area contributed by atoms with E-state index in [2.05, 4.69) is 20.7 Å². The van der Waals surface area contributed by atoms with E-state index in [1.54, 1.807) is 52.0 Å². The van der Waals surface area contributed by atoms with Crippen molar-refractivity contribution in [1.82, 2.24) is 4.90 Å². The number of halogens is 3. The maximum atomic E-state index is 12.6. The molecule has 0 fully saturated rings. The van der Waals surface area contributed by atoms with Gasteiger partial charge in [-0.05, 0) is 39.3 Å². The van der Waals surface area contributed by atoms with Crippen LogP contribution in [0.2, 0.25) is 0 Å². The summed E-state index contributed by atoms with van der Waals surface area (Å²) in [5.41, 5.74) is -0.506. The van der Waals surface area contributed by atoms with Crippen LogP contribution in [0.1, 0.15) is 44.5 Å². The van der Waals surface area contributed by atoms with Gasteiger partial charge in [0, 0.05) is 10.0 Å². The minimum atomic E-state index is -3.02. The highest BCUT2D eigenvalue weighted by atomic mass is 79.9. The number of hydrogen-bond acceptors (Lipinski definition) is 6. The number of alkyl halides is 2. The van der Waals surface area contributed by atoms with E-state index in [9.17, 15) is 23.2 Å². The van der Waals surface area contributed by atoms with Crippen LogP contribution >= 0.6 is 15.9 Å². The molecule has 0 heterocycles. The fraction of sp³-hybridized carbons (Fsp3) is 0.550. The normalized spacial score (nSPS) is 12.4. The lowest BCUT2D eigenvalue weighted by Crippen LogP contribution is -2.45. The first-order valence-corrected chi connectivity index (χ1v) is 10.1. The van der Waals surface area contributed by atoms with E-state index >= 15 is 0 Å². The van der Waals surface area contributed by atoms with E-state index < -0.39 is 49.3 Å². The molecule has 0 bridgehead atoms. The number of nitrogens with zero attached hydrogens (tertiary/aromatic N) is 1. The molecule has 30 heavy (non-hydrogen) atoms. The molecule has 0 saturated heterocycles. The van der Waals surface area contributed by atoms with Gasteiger partial charge in [0.05, 0.1) is 12.6 Å². The summed E-state index contributed by atoms with van der Waals surface area (Å²) in [5, 5.41) is 0. The number of amides is 1. The highest BCUT2D eigenvalue weighted by Gasteiger charge is 2.28. The maximum Gasteiger partial charge on any atom is 0.410 e. The number of ether oxygens (including phenoxy) is 3. The first-order chi connectivity index (χ1) is 13.9. The number of hydrogen-bond donors (Lipinski definition) is 0. The average Bonchev–Trinajstić information content (AvgIpc) is 2.63. The molecular formula is C20H26BrF2NO6. The summed E-state index contributed by atoms with van der Waals surface area (Å²) in [5.74, 6) is -1.30. The van der Waals surface area contributed by atoms with E-state index in [1.165, 1.54) is 0 Å². The van der Waals surface area contributed by atoms with E-state index in [0.29, 0.717) is 5.56 Å². The maximum absolute atomic E-state index is 12.6. The Morgan fingerprint density at radius 2 is 1.73 bits per heavy atom. The van der Waals surface area contributed by atoms with Crippen LogP contribution in [0, 0.1) is 0 Å². The molecule has 0 aliphatic heterocycles. The van der Waals surface area contributed by atoms with Gasteiger partial charge in [-0.3, -0.25) is 14.5 Å². The molecule has 1 rings (SSSR count). The van der Waals surface area contributed by atoms with Crippen LogP contribution in [-0.4, -0.2) is 60.8 Å². The molecule has 0 radical (unpaired) electrons. The zero-order chi connectivity index (χ0) is 22.9. The smallest absolute Gasteiger partial charge is 0.410 e. The van der Waals surface area contributed by atoms with Gasteiger partial charge >= 0.3 is 18.7 Å². The molecular weight excluding hydrogens is 468 g/mol. The lowest BCUT2D eigenvalue weighted by Gasteiger charge is -2.29. The van der Waals surface area contributed by atoms with Gasteiger partial charge in [0.1, 0.15) is 12.1 Å². The van der Waals surface area contributed by atoms with Gasteiger partial charge in [-0.1, -0.05) is 35.0 Å². The van der Waals surface area contributed by atoms with Crippen molar-refractivity contribution in [2.45, 2.75) is 52.4 Å². The highest BCUT2D eigenvalue weighted by molar-refractivity contribution is 9.10. The molecule has 1 unspecified atom stereocenters. The van der Waals surface area contributed by atoms with Gasteiger partial charge in [0.2, 0.25) is 0 Å². The summed E-state index contributed by atoms with van der Waals surface area (Å²) >= 11 is 3.26. The summed E-state index contributed by atoms with van der Waals surface area (Å²) < 4.78 is 40.6. The van der Waals surface area contributed by atoms with Crippen molar-refractivity contribution in [2.75, 3.05) is 19.7 Å². The summed E-state index contributed by atoms with van der Waals surface area (Å²) in [6, 6.07) is 6.49. The number of rotatable bonds is 10. The van der Waals surface area contributed by atoms with Crippen molar-refractivity contribution in [3.63, 3.8) is 0 Å². The molecule has 168 valence electrons. The number of carbonyl (C=O) groups is 3. The van der Waals surface area contributed by atoms with Crippen LogP contribution in [0.15, 0.2) is 28.7 Å². The Morgan fingerprint density at radius 3 is 2.23 bits per heavy atom. The fourth-order valence-electron chi connectivity index (χ4n) is 2.26. The molecule has 1 aromatic carbocycles. The van der Waals surface area contributed by atoms with E-state index in [0.717, 1.165) is 9.37 Å². The van der Waals surface area contributed by atoms with Crippen LogP contribution in [0.4, 0.5) is 13.6 Å². The van der Waals surface area contributed by atoms with Gasteiger partial charge in [0.15, 0.2) is 12.4 Å². The zero-order valence-electron chi connectivity index (χ0n) is 17.3. The molecule has 0 spiro atoms. The lowest BCUT2D eigenvalue weighted by atomic mass is 10.1. The minimum absolute atomic E-state index is 0.181. The third-order valence-corrected chi connectivity index (χ3v) is 4.21. The second-order valence-corrected chi connectivity index (χ2v) is 8.29. The van der Waals surface area contributed by atoms with E-state index in [4.69, 9.17) is 9.47 Å². The van der Waals surface area contributed by atoms with Crippen LogP contribution in [0.5, 0.6) is 0 Å². The Morgan fingerprint density at radius 1 is 1.13 bits per heavy atom. The molecule has 0 aliphatic rings. The summed E-state index contributed by atoms with van der Waals surface area (Å²) in [6.45, 7) is 2.08. The Kier molecular flexibility index (Phi) is 10.3. The lowest BCUT2D eigenvalue weighted by molar-refractivity contribution is -0.168. The minimum Gasteiger partial charge on any atom is -0.456 e. The molecule has 7 nitrogen and oxygen atoms in total. The third-order valence-electron chi connectivity index (χ3n) is 3.68. The second-order valence-electron chi connectivity index (χ2n) is 7.38. The van der Waals surface area contributed by atoms with Crippen LogP contribution in [0.3, 0.4) is 0 Å². The monoisotopic (exact) mass is 493 g/mol. The first kappa shape index (κ1) is 26.0. The molecule has 10 heteroatoms. The molecule has 0 aliphatic carbocycles. The SMILES string of the molecule is CCC(CN(CC(=O)OCC(=O)c1ccc(Br)cc1)C(=O)OC(C)(C)C)OC(F)F. The second kappa shape index (κ2) is 11.9. The molecule has 1 aromatic rings. The number of Topliss-reactive ketones (excluding diaryl/α,β-unsaturated/α-hetero) is 1. The van der Waals surface area contributed by atoms with Gasteiger partial charge in [0.25, 0.3) is 0 Å². The molecule has 1 atom stereocenters. The van der Waals surface area contributed by atoms with Crippen molar-refractivity contribution >= 4 is 33.8 Å². The van der Waals surface area contributed by atoms with Crippen molar-refractivity contribution in [1.29, 1.82) is 0 Å². The van der Waals surface area contributed by atoms with Gasteiger partial charge in [-0.25, -0.2) is 4.79 Å². The Hall–Kier alpha value is -2.07. The standard InChI is InChI=1S/C20H26BrF2NO6/c1-5-15(29-18(22)23)10-24(19(27)30-20(2,3)4)11-17(26)28-12-16(25)13-6-8-14(21)9-7-13/h6-9,15,18H,5,10-12H2,1-4H3. The predicted molar refractivity (Wildman–Crippen MR) is 108 cm³/mol. The Balaban J connectivity index is 2.75. The quantitative estimate of drug-likeness (QED) is 0.354. The van der Waals surface area contributed by atoms with Crippen molar-refractivity contribution in [3.8, 4) is 0 Å². The van der Waals surface area contributed by atoms with E-state index in [-0.39, 0.29) is 13.0 Å². The van der Waals surface area contributed by atoms with E-state index in [1.807, 2.05) is 0 Å². The largest absolute Gasteiger partial charge is 0.456 e. The zero-order valence-corrected chi connectivity index (χ0v) is 18.9. The number of ketones is 1. The number of carbonyl (C=O) groups excluding carboxylic acids is 3. The molecule has 0 N–H and O–H groups in total. The molecule has 1 amide bonds. The third kappa shape index (κ3) is 10.1. The van der Waals surface area contributed by atoms with Crippen LogP contribution in [0.25, 0.3) is 0 Å². The predicted octanol–water partition coefficient (Wildman–Crippen LogP) is 4.43. The number of esters is 1. The van der Waals surface area contributed by atoms with Crippen LogP contribution in [-0.2, 0) is 19.0 Å². The number of benzene rings is 1. The Bertz CT molecular complexity index is 721. The van der Waals surface area contributed by atoms with Gasteiger partial charge in [-0.15, -0.1) is 0 Å². The summed E-state index contributed by atoms with van der Waals surface area (Å²) in [7, 11) is 0. The first-order valence-electron chi connectivity index (χ1n) is 9.27. The van der Waals surface area contributed by atoms with Gasteiger partial charge < -0.3 is 14.2 Å². The van der Waals surface area contributed by atoms with Gasteiger partial charge in [-0.2, -0.15) is 8.78 Å². The highest BCUT2D eigenvalue weighted by Crippen LogP contribution is 2.14.